The van der Waals surface area contributed by atoms with Crippen molar-refractivity contribution in [2.45, 2.75) is 53.6 Å². The molecule has 0 radical (unpaired) electrons. The van der Waals surface area contributed by atoms with Gasteiger partial charge in [0.05, 0.1) is 0 Å². The number of aryl methyl sites for hydroxylation is 1. The van der Waals surface area contributed by atoms with Crippen LogP contribution in [-0.2, 0) is 13.1 Å². The zero-order valence-corrected chi connectivity index (χ0v) is 11.7. The highest BCUT2D eigenvalue weighted by atomic mass is 16.2. The van der Waals surface area contributed by atoms with Crippen molar-refractivity contribution in [3.63, 3.8) is 0 Å². The first kappa shape index (κ1) is 14.5. The number of nitrogens with two attached hydrogens (primary N) is 1. The lowest BCUT2D eigenvalue weighted by atomic mass is 9.92. The highest BCUT2D eigenvalue weighted by Crippen LogP contribution is 2.18. The van der Waals surface area contributed by atoms with Crippen LogP contribution in [0.3, 0.4) is 0 Å². The molecule has 18 heavy (non-hydrogen) atoms. The van der Waals surface area contributed by atoms with Crippen molar-refractivity contribution < 1.29 is 0 Å². The van der Waals surface area contributed by atoms with E-state index < -0.39 is 0 Å². The van der Waals surface area contributed by atoms with Crippen molar-refractivity contribution in [1.82, 2.24) is 9.13 Å². The summed E-state index contributed by atoms with van der Waals surface area (Å²) < 4.78 is 2.76. The van der Waals surface area contributed by atoms with Crippen molar-refractivity contribution >= 4 is 5.69 Å². The Morgan fingerprint density at radius 3 is 2.33 bits per heavy atom. The van der Waals surface area contributed by atoms with Gasteiger partial charge in [-0.1, -0.05) is 27.7 Å². The monoisotopic (exact) mass is 253 g/mol. The Labute approximate surface area is 107 Å². The molecule has 102 valence electrons. The Kier molecular flexibility index (Phi) is 4.38. The number of hydrogen-bond donors (Lipinski definition) is 1. The summed E-state index contributed by atoms with van der Waals surface area (Å²) >= 11 is 0. The zero-order chi connectivity index (χ0) is 13.9. The lowest BCUT2D eigenvalue weighted by Crippen LogP contribution is -2.41. The molecule has 0 bridgehead atoms. The molecule has 0 spiro atoms. The molecule has 0 fully saturated rings. The van der Waals surface area contributed by atoms with Crippen LogP contribution in [0.15, 0.2) is 15.8 Å². The predicted octanol–water partition coefficient (Wildman–Crippen LogP) is 1.44. The van der Waals surface area contributed by atoms with Crippen LogP contribution in [0.5, 0.6) is 0 Å². The Morgan fingerprint density at radius 2 is 1.83 bits per heavy atom. The Hall–Kier alpha value is -1.52. The van der Waals surface area contributed by atoms with Gasteiger partial charge in [-0.2, -0.15) is 0 Å². The number of nitrogens with zero attached hydrogens (tertiary/aromatic N) is 2. The molecular weight excluding hydrogens is 230 g/mol. The first-order valence-corrected chi connectivity index (χ1v) is 6.36. The third-order valence-electron chi connectivity index (χ3n) is 2.81. The van der Waals surface area contributed by atoms with Gasteiger partial charge in [0.25, 0.3) is 5.56 Å². The number of anilines is 1. The number of nitrogen functional groups attached to an aromatic ring is 1. The molecule has 1 heterocycles. The smallest absolute Gasteiger partial charge is 0.331 e. The summed E-state index contributed by atoms with van der Waals surface area (Å²) in [5, 5.41) is 0. The molecular formula is C13H23N3O2. The summed E-state index contributed by atoms with van der Waals surface area (Å²) in [6.45, 7) is 9.21. The highest BCUT2D eigenvalue weighted by Gasteiger charge is 2.14. The van der Waals surface area contributed by atoms with Crippen LogP contribution in [0.4, 0.5) is 5.69 Å². The van der Waals surface area contributed by atoms with Crippen molar-refractivity contribution in [3.8, 4) is 0 Å². The summed E-state index contributed by atoms with van der Waals surface area (Å²) in [5.41, 5.74) is 5.24. The van der Waals surface area contributed by atoms with Gasteiger partial charge < -0.3 is 5.73 Å². The molecule has 0 aliphatic rings. The molecule has 0 saturated heterocycles. The summed E-state index contributed by atoms with van der Waals surface area (Å²) in [6, 6.07) is 0. The van der Waals surface area contributed by atoms with Gasteiger partial charge in [0.1, 0.15) is 5.69 Å². The first-order chi connectivity index (χ1) is 8.26. The normalized spacial score (nSPS) is 11.8. The molecule has 2 N–H and O–H groups in total. The Morgan fingerprint density at radius 1 is 1.22 bits per heavy atom. The van der Waals surface area contributed by atoms with E-state index in [1.54, 1.807) is 0 Å². The third kappa shape index (κ3) is 3.48. The van der Waals surface area contributed by atoms with Crippen LogP contribution in [0.1, 0.15) is 40.5 Å². The molecule has 0 unspecified atom stereocenters. The average Bonchev–Trinajstić information content (AvgIpc) is 2.24. The van der Waals surface area contributed by atoms with Crippen LogP contribution in [0.25, 0.3) is 0 Å². The lowest BCUT2D eigenvalue weighted by molar-refractivity contribution is 0.341. The SMILES string of the molecule is CCCn1cc(N)c(=O)n(CCC(C)(C)C)c1=O. The molecule has 5 nitrogen and oxygen atoms in total. The second kappa shape index (κ2) is 5.42. The van der Waals surface area contributed by atoms with Crippen LogP contribution in [-0.4, -0.2) is 9.13 Å². The minimum atomic E-state index is -0.378. The number of aromatic nitrogens is 2. The van der Waals surface area contributed by atoms with E-state index in [2.05, 4.69) is 20.8 Å². The lowest BCUT2D eigenvalue weighted by Gasteiger charge is -2.19. The fourth-order valence-corrected chi connectivity index (χ4v) is 1.72. The third-order valence-corrected chi connectivity index (χ3v) is 2.81. The molecule has 1 aromatic rings. The van der Waals surface area contributed by atoms with E-state index in [0.717, 1.165) is 12.8 Å². The maximum Gasteiger partial charge on any atom is 0.331 e. The van der Waals surface area contributed by atoms with E-state index in [1.807, 2.05) is 6.92 Å². The molecule has 1 aromatic heterocycles. The molecule has 0 saturated carbocycles. The second-order valence-electron chi connectivity index (χ2n) is 5.83. The molecule has 0 aromatic carbocycles. The molecule has 1 rings (SSSR count). The van der Waals surface area contributed by atoms with Gasteiger partial charge in [0.2, 0.25) is 0 Å². The summed E-state index contributed by atoms with van der Waals surface area (Å²) in [6.07, 6.45) is 3.04. The fraction of sp³-hybridized carbons (Fsp3) is 0.692. The van der Waals surface area contributed by atoms with Gasteiger partial charge in [0.15, 0.2) is 0 Å². The van der Waals surface area contributed by atoms with Gasteiger partial charge in [0, 0.05) is 19.3 Å². The molecule has 0 aliphatic heterocycles. The topological polar surface area (TPSA) is 70.0 Å². The van der Waals surface area contributed by atoms with Gasteiger partial charge in [-0.3, -0.25) is 13.9 Å². The van der Waals surface area contributed by atoms with Crippen LogP contribution in [0, 0.1) is 5.41 Å². The van der Waals surface area contributed by atoms with Crippen molar-refractivity contribution in [1.29, 1.82) is 0 Å². The Balaban J connectivity index is 3.17. The largest absolute Gasteiger partial charge is 0.393 e. The summed E-state index contributed by atoms with van der Waals surface area (Å²) in [5.74, 6) is 0. The highest BCUT2D eigenvalue weighted by molar-refractivity contribution is 5.30. The van der Waals surface area contributed by atoms with Crippen LogP contribution in [0.2, 0.25) is 0 Å². The van der Waals surface area contributed by atoms with Crippen molar-refractivity contribution in [3.05, 3.63) is 27.0 Å². The van der Waals surface area contributed by atoms with Crippen molar-refractivity contribution in [2.75, 3.05) is 5.73 Å². The van der Waals surface area contributed by atoms with E-state index in [9.17, 15) is 9.59 Å². The summed E-state index contributed by atoms with van der Waals surface area (Å²) in [7, 11) is 0. The van der Waals surface area contributed by atoms with E-state index in [4.69, 9.17) is 5.73 Å². The fourth-order valence-electron chi connectivity index (χ4n) is 1.72. The first-order valence-electron chi connectivity index (χ1n) is 6.36. The summed E-state index contributed by atoms with van der Waals surface area (Å²) in [4.78, 5) is 24.0. The maximum atomic E-state index is 12.1. The minimum Gasteiger partial charge on any atom is -0.393 e. The minimum absolute atomic E-state index is 0.0755. The van der Waals surface area contributed by atoms with Gasteiger partial charge in [-0.05, 0) is 18.3 Å². The van der Waals surface area contributed by atoms with Crippen molar-refractivity contribution in [2.24, 2.45) is 5.41 Å². The average molecular weight is 253 g/mol. The van der Waals surface area contributed by atoms with Gasteiger partial charge in [-0.25, -0.2) is 4.79 Å². The quantitative estimate of drug-likeness (QED) is 0.882. The number of rotatable bonds is 4. The second-order valence-corrected chi connectivity index (χ2v) is 5.83. The predicted molar refractivity (Wildman–Crippen MR) is 73.7 cm³/mol. The maximum absolute atomic E-state index is 12.1. The van der Waals surface area contributed by atoms with Crippen LogP contribution >= 0.6 is 0 Å². The van der Waals surface area contributed by atoms with E-state index in [0.29, 0.717) is 13.1 Å². The number of hydrogen-bond acceptors (Lipinski definition) is 3. The van der Waals surface area contributed by atoms with E-state index in [1.165, 1.54) is 15.3 Å². The Bertz CT molecular complexity index is 521. The van der Waals surface area contributed by atoms with E-state index in [-0.39, 0.29) is 22.4 Å². The van der Waals surface area contributed by atoms with Crippen LogP contribution < -0.4 is 17.0 Å². The standard InChI is InChI=1S/C13H23N3O2/c1-5-7-15-9-10(14)11(17)16(12(15)18)8-6-13(2,3)4/h9H,5-8,14H2,1-4H3. The van der Waals surface area contributed by atoms with E-state index >= 15 is 0 Å². The van der Waals surface area contributed by atoms with Gasteiger partial charge in [-0.15, -0.1) is 0 Å². The molecule has 5 heteroatoms. The van der Waals surface area contributed by atoms with Gasteiger partial charge >= 0.3 is 5.69 Å². The molecule has 0 atom stereocenters. The molecule has 0 aliphatic carbocycles. The molecule has 0 amide bonds. The zero-order valence-electron chi connectivity index (χ0n) is 11.7.